The predicted molar refractivity (Wildman–Crippen MR) is 180 cm³/mol. The van der Waals surface area contributed by atoms with Gasteiger partial charge in [0.2, 0.25) is 17.7 Å². The maximum absolute atomic E-state index is 15.1. The van der Waals surface area contributed by atoms with E-state index in [0.29, 0.717) is 19.5 Å². The molecule has 6 atom stereocenters. The molecule has 4 aliphatic rings. The van der Waals surface area contributed by atoms with Gasteiger partial charge in [-0.15, -0.1) is 11.8 Å². The van der Waals surface area contributed by atoms with Crippen molar-refractivity contribution in [2.24, 2.45) is 17.3 Å². The number of benzene rings is 2. The molecule has 4 heterocycles. The average Bonchev–Trinajstić information content (AvgIpc) is 3.30. The molecular weight excluding hydrogens is 582 g/mol. The molecule has 0 aliphatic carbocycles. The lowest BCUT2D eigenvalue weighted by molar-refractivity contribution is -0.149. The highest BCUT2D eigenvalue weighted by Crippen LogP contribution is 2.62. The first-order valence-electron chi connectivity index (χ1n) is 16.0. The number of hydrogen-bond donors (Lipinski definition) is 1. The van der Waals surface area contributed by atoms with Crippen molar-refractivity contribution < 1.29 is 19.5 Å². The Kier molecular flexibility index (Phi) is 8.27. The number of thioether (sulfide) groups is 1. The van der Waals surface area contributed by atoms with E-state index < -0.39 is 34.2 Å². The Bertz CT molecular complexity index is 1500. The minimum absolute atomic E-state index is 0.0282. The van der Waals surface area contributed by atoms with Crippen LogP contribution in [0.3, 0.4) is 0 Å². The number of amides is 3. The molecule has 6 rings (SSSR count). The first kappa shape index (κ1) is 31.6. The first-order chi connectivity index (χ1) is 21.4. The molecule has 2 aromatic rings. The van der Waals surface area contributed by atoms with E-state index in [2.05, 4.69) is 46.8 Å². The zero-order valence-corrected chi connectivity index (χ0v) is 27.7. The highest BCUT2D eigenvalue weighted by Gasteiger charge is 2.72. The van der Waals surface area contributed by atoms with Gasteiger partial charge < -0.3 is 19.8 Å². The van der Waals surface area contributed by atoms with E-state index in [9.17, 15) is 14.7 Å². The molecule has 8 heteroatoms. The van der Waals surface area contributed by atoms with Gasteiger partial charge in [0.05, 0.1) is 29.2 Å². The Labute approximate surface area is 271 Å². The Morgan fingerprint density at radius 1 is 0.889 bits per heavy atom. The number of aliphatic hydroxyl groups excluding tert-OH is 1. The van der Waals surface area contributed by atoms with Crippen molar-refractivity contribution in [2.75, 3.05) is 24.6 Å². The van der Waals surface area contributed by atoms with Gasteiger partial charge in [-0.05, 0) is 49.8 Å². The van der Waals surface area contributed by atoms with Crippen molar-refractivity contribution >= 4 is 35.2 Å². The quantitative estimate of drug-likeness (QED) is 0.432. The molecule has 1 spiro atoms. The van der Waals surface area contributed by atoms with Crippen LogP contribution in [0.2, 0.25) is 0 Å². The Morgan fingerprint density at radius 3 is 2.20 bits per heavy atom. The second-order valence-electron chi connectivity index (χ2n) is 14.7. The third-order valence-corrected chi connectivity index (χ3v) is 11.5. The minimum Gasteiger partial charge on any atom is -0.394 e. The number of nitrogens with zero attached hydrogens (tertiary/aromatic N) is 3. The number of carbonyl (C=O) groups excluding carboxylic acids is 3. The lowest BCUT2D eigenvalue weighted by atomic mass is 9.77. The molecule has 3 amide bonds. The topological polar surface area (TPSA) is 81.2 Å². The maximum atomic E-state index is 15.1. The number of hydrogen-bond acceptors (Lipinski definition) is 5. The van der Waals surface area contributed by atoms with E-state index in [4.69, 9.17) is 0 Å². The van der Waals surface area contributed by atoms with Crippen LogP contribution in [0, 0.1) is 17.3 Å². The highest BCUT2D eigenvalue weighted by molar-refractivity contribution is 8.02. The van der Waals surface area contributed by atoms with E-state index in [1.54, 1.807) is 21.6 Å². The molecule has 45 heavy (non-hydrogen) atoms. The van der Waals surface area contributed by atoms with Gasteiger partial charge in [0.25, 0.3) is 0 Å². The Hall–Kier alpha value is -3.36. The van der Waals surface area contributed by atoms with Gasteiger partial charge in [0.15, 0.2) is 0 Å². The Balaban J connectivity index is 1.46. The molecular formula is C37H45N3O4S. The molecule has 2 saturated heterocycles. The number of para-hydroxylation sites is 1. The van der Waals surface area contributed by atoms with Crippen LogP contribution < -0.4 is 4.90 Å². The predicted octanol–water partition coefficient (Wildman–Crippen LogP) is 5.10. The largest absolute Gasteiger partial charge is 0.394 e. The van der Waals surface area contributed by atoms with Crippen molar-refractivity contribution in [1.29, 1.82) is 0 Å². The third kappa shape index (κ3) is 5.54. The van der Waals surface area contributed by atoms with Crippen molar-refractivity contribution in [3.8, 4) is 0 Å². The molecule has 4 aliphatic heterocycles. The van der Waals surface area contributed by atoms with Crippen LogP contribution in [-0.2, 0) is 20.8 Å². The van der Waals surface area contributed by atoms with Crippen LogP contribution in [0.1, 0.15) is 46.6 Å². The minimum atomic E-state index is -0.945. The van der Waals surface area contributed by atoms with Crippen molar-refractivity contribution in [1.82, 2.24) is 9.80 Å². The summed E-state index contributed by atoms with van der Waals surface area (Å²) in [5.74, 6) is -1.82. The van der Waals surface area contributed by atoms with E-state index in [1.165, 1.54) is 0 Å². The molecule has 0 aromatic heterocycles. The molecule has 238 valence electrons. The summed E-state index contributed by atoms with van der Waals surface area (Å²) in [5.41, 5.74) is 1.25. The maximum Gasteiger partial charge on any atom is 0.247 e. The van der Waals surface area contributed by atoms with Crippen LogP contribution >= 0.6 is 11.8 Å². The normalized spacial score (nSPS) is 28.9. The summed E-state index contributed by atoms with van der Waals surface area (Å²) in [6, 6.07) is 17.9. The number of anilines is 1. The monoisotopic (exact) mass is 627 g/mol. The first-order valence-corrected chi connectivity index (χ1v) is 16.9. The highest BCUT2D eigenvalue weighted by atomic mass is 32.2. The average molecular weight is 628 g/mol. The SMILES string of the molecule is CC(C)(C)CC(C)(C)N1CC=C[C@]23S[C@H]4C=CCN(c5ccccc5)C(=O)[C@H]4[C@H]2C(=O)N([C@@H](CO)Cc2ccccc2)C3C1=O. The molecule has 7 nitrogen and oxygen atoms in total. The fourth-order valence-electron chi connectivity index (χ4n) is 8.38. The van der Waals surface area contributed by atoms with Crippen molar-refractivity contribution in [3.05, 3.63) is 90.5 Å². The summed E-state index contributed by atoms with van der Waals surface area (Å²) in [6.07, 6.45) is 9.37. The van der Waals surface area contributed by atoms with Crippen molar-refractivity contribution in [2.45, 2.75) is 75.1 Å². The van der Waals surface area contributed by atoms with Gasteiger partial charge in [-0.25, -0.2) is 0 Å². The number of likely N-dealkylation sites (tertiary alicyclic amines) is 1. The van der Waals surface area contributed by atoms with Gasteiger partial charge in [-0.1, -0.05) is 93.6 Å². The van der Waals surface area contributed by atoms with E-state index in [-0.39, 0.29) is 35.0 Å². The Morgan fingerprint density at radius 2 is 1.56 bits per heavy atom. The molecule has 0 saturated carbocycles. The summed E-state index contributed by atoms with van der Waals surface area (Å²) in [7, 11) is 0. The fourth-order valence-corrected chi connectivity index (χ4v) is 10.4. The summed E-state index contributed by atoms with van der Waals surface area (Å²) in [4.78, 5) is 49.9. The molecule has 0 radical (unpaired) electrons. The number of fused-ring (bicyclic) bond motifs is 2. The zero-order valence-electron chi connectivity index (χ0n) is 26.9. The van der Waals surface area contributed by atoms with Gasteiger partial charge in [0, 0.05) is 29.6 Å². The number of carbonyl (C=O) groups is 3. The van der Waals surface area contributed by atoms with E-state index in [0.717, 1.165) is 17.7 Å². The molecule has 0 bridgehead atoms. The summed E-state index contributed by atoms with van der Waals surface area (Å²) in [5, 5.41) is 10.6. The smallest absolute Gasteiger partial charge is 0.247 e. The fraction of sp³-hybridized carbons (Fsp3) is 0.486. The lowest BCUT2D eigenvalue weighted by Gasteiger charge is -2.45. The molecule has 2 aromatic carbocycles. The third-order valence-electron chi connectivity index (χ3n) is 9.78. The second-order valence-corrected chi connectivity index (χ2v) is 16.2. The van der Waals surface area contributed by atoms with E-state index >= 15 is 4.79 Å². The number of rotatable bonds is 7. The lowest BCUT2D eigenvalue weighted by Crippen LogP contribution is -2.60. The summed E-state index contributed by atoms with van der Waals surface area (Å²) in [6.45, 7) is 11.3. The van der Waals surface area contributed by atoms with Gasteiger partial charge in [0.1, 0.15) is 6.04 Å². The van der Waals surface area contributed by atoms with Crippen LogP contribution in [0.25, 0.3) is 0 Å². The standard InChI is InChI=1S/C37H45N3O4S/c1-35(2,3)24-36(4,5)39-21-13-19-37-30(29-28(45-37)18-12-20-38(32(29)42)26-16-10-7-11-17-26)33(43)40(31(37)34(39)44)27(23-41)22-25-14-8-6-9-15-25/h6-19,27-31,41H,20-24H2,1-5H3/t27-,28+,29-,30+,31?,37+/m1/s1. The van der Waals surface area contributed by atoms with Crippen LogP contribution in [0.4, 0.5) is 5.69 Å². The van der Waals surface area contributed by atoms with Crippen LogP contribution in [0.5, 0.6) is 0 Å². The second kappa shape index (κ2) is 11.8. The molecule has 1 N–H and O–H groups in total. The van der Waals surface area contributed by atoms with Crippen LogP contribution in [-0.4, -0.2) is 79.9 Å². The van der Waals surface area contributed by atoms with Crippen LogP contribution in [0.15, 0.2) is 85.0 Å². The van der Waals surface area contributed by atoms with Gasteiger partial charge in [-0.2, -0.15) is 0 Å². The van der Waals surface area contributed by atoms with E-state index in [1.807, 2.05) is 77.7 Å². The summed E-state index contributed by atoms with van der Waals surface area (Å²) >= 11 is 1.58. The van der Waals surface area contributed by atoms with Gasteiger partial charge in [-0.3, -0.25) is 14.4 Å². The summed E-state index contributed by atoms with van der Waals surface area (Å²) < 4.78 is -0.945. The molecule has 1 unspecified atom stereocenters. The zero-order chi connectivity index (χ0) is 32.1. The van der Waals surface area contributed by atoms with Gasteiger partial charge >= 0.3 is 0 Å². The number of aliphatic hydroxyl groups is 1. The van der Waals surface area contributed by atoms with Crippen molar-refractivity contribution in [3.63, 3.8) is 0 Å². The molecule has 2 fully saturated rings.